The largest absolute Gasteiger partial charge is 0.348 e. The molecular weight excluding hydrogens is 466 g/mol. The van der Waals surface area contributed by atoms with E-state index in [-0.39, 0.29) is 30.1 Å². The van der Waals surface area contributed by atoms with Crippen LogP contribution in [0.2, 0.25) is 0 Å². The average Bonchev–Trinajstić information content (AvgIpc) is 3.14. The fraction of sp³-hybridized carbons (Fsp3) is 0.304. The lowest BCUT2D eigenvalue weighted by Crippen LogP contribution is -2.57. The molecule has 156 valence electrons. The number of aromatic nitrogens is 1. The third-order valence-corrected chi connectivity index (χ3v) is 6.71. The van der Waals surface area contributed by atoms with Crippen LogP contribution in [0.4, 0.5) is 0 Å². The molecule has 1 N–H and O–H groups in total. The number of carbonyl (C=O) groups is 2. The molecule has 0 spiro atoms. The smallest absolute Gasteiger partial charge is 0.253 e. The summed E-state index contributed by atoms with van der Waals surface area (Å²) in [5.41, 5.74) is 2.40. The van der Waals surface area contributed by atoms with E-state index in [4.69, 9.17) is 0 Å². The fourth-order valence-corrected chi connectivity index (χ4v) is 5.06. The van der Waals surface area contributed by atoms with Crippen LogP contribution >= 0.6 is 28.3 Å². The van der Waals surface area contributed by atoms with E-state index >= 15 is 0 Å². The normalized spacial score (nSPS) is 22.5. The summed E-state index contributed by atoms with van der Waals surface area (Å²) in [6.45, 7) is 3.20. The maximum atomic E-state index is 13.2. The van der Waals surface area contributed by atoms with Crippen LogP contribution in [0, 0.1) is 5.92 Å². The topological polar surface area (TPSA) is 53.8 Å². The van der Waals surface area contributed by atoms with E-state index in [0.717, 1.165) is 42.5 Å². The highest BCUT2D eigenvalue weighted by Gasteiger charge is 2.35. The number of carbonyl (C=O) groups excluding carboxylic acids is 2. The number of nitrogens with one attached hydrogen (secondary N) is 1. The molecule has 1 atom stereocenters. The number of fused-ring (bicyclic) bond motifs is 4. The predicted octanol–water partition coefficient (Wildman–Crippen LogP) is 4.18. The number of benzene rings is 1. The van der Waals surface area contributed by atoms with E-state index in [9.17, 15) is 9.59 Å². The van der Waals surface area contributed by atoms with E-state index in [1.807, 2.05) is 40.9 Å². The number of pyridine rings is 1. The Morgan fingerprint density at radius 1 is 1.03 bits per heavy atom. The van der Waals surface area contributed by atoms with E-state index in [1.54, 1.807) is 18.2 Å². The summed E-state index contributed by atoms with van der Waals surface area (Å²) in [5, 5.41) is 3.25. The Hall–Kier alpha value is -2.15. The molecule has 2 aromatic heterocycles. The van der Waals surface area contributed by atoms with Gasteiger partial charge in [0.1, 0.15) is 0 Å². The number of amides is 1. The van der Waals surface area contributed by atoms with E-state index in [2.05, 4.69) is 26.1 Å². The summed E-state index contributed by atoms with van der Waals surface area (Å²) >= 11 is 3.43. The number of halogens is 2. The summed E-state index contributed by atoms with van der Waals surface area (Å²) < 4.78 is 2.67. The second-order valence-electron chi connectivity index (χ2n) is 7.96. The molecule has 3 aromatic rings. The van der Waals surface area contributed by atoms with E-state index in [1.165, 1.54) is 0 Å². The number of rotatable bonds is 4. The highest BCUT2D eigenvalue weighted by molar-refractivity contribution is 9.10. The molecule has 6 rings (SSSR count). The van der Waals surface area contributed by atoms with Crippen LogP contribution in [-0.2, 0) is 0 Å². The van der Waals surface area contributed by atoms with Crippen molar-refractivity contribution in [2.75, 3.05) is 19.6 Å². The molecule has 2 bridgehead atoms. The van der Waals surface area contributed by atoms with Gasteiger partial charge in [0.15, 0.2) is 0 Å². The zero-order chi connectivity index (χ0) is 20.0. The molecule has 1 aromatic carbocycles. The van der Waals surface area contributed by atoms with Crippen LogP contribution in [0.15, 0.2) is 59.2 Å². The van der Waals surface area contributed by atoms with Gasteiger partial charge in [0.25, 0.3) is 5.91 Å². The molecule has 1 amide bonds. The van der Waals surface area contributed by atoms with Crippen LogP contribution in [0.25, 0.3) is 5.52 Å². The first-order valence-corrected chi connectivity index (χ1v) is 10.8. The average molecular weight is 489 g/mol. The molecule has 30 heavy (non-hydrogen) atoms. The van der Waals surface area contributed by atoms with Crippen LogP contribution in [-0.4, -0.2) is 46.7 Å². The molecule has 0 unspecified atom stereocenters. The molecule has 0 radical (unpaired) electrons. The summed E-state index contributed by atoms with van der Waals surface area (Å²) in [7, 11) is 0. The number of piperidine rings is 3. The first-order valence-electron chi connectivity index (χ1n) is 10.0. The van der Waals surface area contributed by atoms with Crippen molar-refractivity contribution < 1.29 is 9.59 Å². The monoisotopic (exact) mass is 487 g/mol. The Labute approximate surface area is 190 Å². The van der Waals surface area contributed by atoms with Crippen molar-refractivity contribution in [3.8, 4) is 0 Å². The molecule has 3 aliphatic heterocycles. The number of hydrogen-bond acceptors (Lipinski definition) is 3. The van der Waals surface area contributed by atoms with Crippen molar-refractivity contribution in [2.24, 2.45) is 5.92 Å². The van der Waals surface area contributed by atoms with Gasteiger partial charge in [-0.3, -0.25) is 9.59 Å². The van der Waals surface area contributed by atoms with Crippen molar-refractivity contribution in [1.82, 2.24) is 14.6 Å². The molecular formula is C23H23BrClN3O2. The first kappa shape index (κ1) is 21.1. The van der Waals surface area contributed by atoms with Gasteiger partial charge in [0.2, 0.25) is 5.78 Å². The summed E-state index contributed by atoms with van der Waals surface area (Å²) in [6.07, 6.45) is 4.13. The van der Waals surface area contributed by atoms with Crippen molar-refractivity contribution >= 4 is 45.5 Å². The Balaban J connectivity index is 0.00000218. The van der Waals surface area contributed by atoms with Gasteiger partial charge < -0.3 is 14.6 Å². The van der Waals surface area contributed by atoms with Gasteiger partial charge in [0, 0.05) is 28.8 Å². The van der Waals surface area contributed by atoms with Gasteiger partial charge in [-0.1, -0.05) is 34.1 Å². The van der Waals surface area contributed by atoms with Crippen molar-refractivity contribution in [3.63, 3.8) is 0 Å². The highest BCUT2D eigenvalue weighted by atomic mass is 79.9. The maximum Gasteiger partial charge on any atom is 0.253 e. The van der Waals surface area contributed by atoms with Crippen LogP contribution in [0.3, 0.4) is 0 Å². The number of hydrogen-bond donors (Lipinski definition) is 1. The molecule has 5 nitrogen and oxygen atoms in total. The second-order valence-corrected chi connectivity index (χ2v) is 8.87. The Morgan fingerprint density at radius 2 is 1.83 bits per heavy atom. The number of nitrogens with zero attached hydrogens (tertiary/aromatic N) is 2. The third kappa shape index (κ3) is 3.80. The lowest BCUT2D eigenvalue weighted by molar-refractivity contribution is 0.0621. The number of ketones is 1. The Morgan fingerprint density at radius 3 is 2.53 bits per heavy atom. The van der Waals surface area contributed by atoms with Crippen molar-refractivity contribution in [1.29, 1.82) is 0 Å². The van der Waals surface area contributed by atoms with Gasteiger partial charge >= 0.3 is 0 Å². The zero-order valence-electron chi connectivity index (χ0n) is 16.4. The van der Waals surface area contributed by atoms with Gasteiger partial charge in [-0.25, -0.2) is 0 Å². The summed E-state index contributed by atoms with van der Waals surface area (Å²) in [5.74, 6) is 0.357. The lowest BCUT2D eigenvalue weighted by Gasteiger charge is -2.44. The predicted molar refractivity (Wildman–Crippen MR) is 123 cm³/mol. The van der Waals surface area contributed by atoms with Crippen molar-refractivity contribution in [3.05, 3.63) is 76.0 Å². The van der Waals surface area contributed by atoms with Crippen molar-refractivity contribution in [2.45, 2.75) is 18.9 Å². The van der Waals surface area contributed by atoms with Gasteiger partial charge in [-0.05, 0) is 62.2 Å². The molecule has 3 fully saturated rings. The molecule has 5 heterocycles. The molecule has 3 aliphatic rings. The van der Waals surface area contributed by atoms with E-state index < -0.39 is 0 Å². The summed E-state index contributed by atoms with van der Waals surface area (Å²) in [4.78, 5) is 28.8. The SMILES string of the molecule is Cl.O=C(N[C@H]1CN2CCC1CC2)c1cc(C(=O)c2cccc(Br)c2)n2ccccc12. The lowest BCUT2D eigenvalue weighted by atomic mass is 9.84. The zero-order valence-corrected chi connectivity index (χ0v) is 18.8. The van der Waals surface area contributed by atoms with Gasteiger partial charge in [-0.2, -0.15) is 0 Å². The minimum Gasteiger partial charge on any atom is -0.348 e. The molecule has 7 heteroatoms. The highest BCUT2D eigenvalue weighted by Crippen LogP contribution is 2.28. The third-order valence-electron chi connectivity index (χ3n) is 6.21. The minimum absolute atomic E-state index is 0. The molecule has 3 saturated heterocycles. The Bertz CT molecular complexity index is 1100. The standard InChI is InChI=1S/C23H22BrN3O2.ClH/c24-17-5-3-4-16(12-17)22(28)21-13-18(20-6-1-2-9-27(20)21)23(29)25-19-14-26-10-7-15(19)8-11-26;/h1-6,9,12-13,15,19H,7-8,10-11,14H2,(H,25,29);1H/t19-;/m0./s1. The fourth-order valence-electron chi connectivity index (χ4n) is 4.66. The molecule has 0 aliphatic carbocycles. The van der Waals surface area contributed by atoms with Crippen LogP contribution in [0.1, 0.15) is 39.3 Å². The quantitative estimate of drug-likeness (QED) is 0.561. The minimum atomic E-state index is -0.102. The van der Waals surface area contributed by atoms with E-state index in [0.29, 0.717) is 22.7 Å². The van der Waals surface area contributed by atoms with Crippen LogP contribution < -0.4 is 5.32 Å². The summed E-state index contributed by atoms with van der Waals surface area (Å²) in [6, 6.07) is 14.9. The first-order chi connectivity index (χ1) is 14.1. The van der Waals surface area contributed by atoms with Gasteiger partial charge in [0.05, 0.1) is 16.8 Å². The maximum absolute atomic E-state index is 13.2. The molecule has 0 saturated carbocycles. The Kier molecular flexibility index (Phi) is 6.00. The van der Waals surface area contributed by atoms with Gasteiger partial charge in [-0.15, -0.1) is 12.4 Å². The van der Waals surface area contributed by atoms with Crippen LogP contribution in [0.5, 0.6) is 0 Å². The second kappa shape index (κ2) is 8.53.